The van der Waals surface area contributed by atoms with E-state index in [9.17, 15) is 18.0 Å². The molecule has 1 unspecified atom stereocenters. The highest BCUT2D eigenvalue weighted by atomic mass is 19.4. The molecule has 200 valence electrons. The van der Waals surface area contributed by atoms with Gasteiger partial charge in [-0.15, -0.1) is 13.2 Å². The van der Waals surface area contributed by atoms with E-state index in [0.717, 1.165) is 57.3 Å². The second-order valence-corrected chi connectivity index (χ2v) is 9.81. The highest BCUT2D eigenvalue weighted by molar-refractivity contribution is 5.78. The number of alkyl halides is 3. The van der Waals surface area contributed by atoms with Crippen molar-refractivity contribution in [1.82, 2.24) is 25.3 Å². The predicted octanol–water partition coefficient (Wildman–Crippen LogP) is 4.71. The summed E-state index contributed by atoms with van der Waals surface area (Å²) in [6.07, 6.45) is 4.47. The van der Waals surface area contributed by atoms with Crippen molar-refractivity contribution in [3.05, 3.63) is 48.9 Å². The van der Waals surface area contributed by atoms with Gasteiger partial charge in [-0.2, -0.15) is 0 Å². The average molecular weight is 528 g/mol. The molecule has 1 spiro atoms. The Labute approximate surface area is 217 Å². The number of amides is 1. The van der Waals surface area contributed by atoms with E-state index in [1.165, 1.54) is 6.20 Å². The molecule has 1 aliphatic carbocycles. The quantitative estimate of drug-likeness (QED) is 0.475. The number of aromatic nitrogens is 4. The van der Waals surface area contributed by atoms with Crippen LogP contribution in [-0.4, -0.2) is 52.3 Å². The van der Waals surface area contributed by atoms with Gasteiger partial charge in [0.2, 0.25) is 5.91 Å². The normalized spacial score (nSPS) is 21.4. The molecule has 12 heteroatoms. The van der Waals surface area contributed by atoms with Crippen molar-refractivity contribution >= 4 is 23.4 Å². The minimum Gasteiger partial charge on any atom is -0.406 e. The van der Waals surface area contributed by atoms with Crippen LogP contribution in [0.1, 0.15) is 32.1 Å². The number of nitrogens with zero attached hydrogens (tertiary/aromatic N) is 5. The molecule has 1 aliphatic heterocycles. The topological polar surface area (TPSA) is 105 Å². The van der Waals surface area contributed by atoms with Crippen molar-refractivity contribution < 1.29 is 22.7 Å². The van der Waals surface area contributed by atoms with Gasteiger partial charge in [-0.1, -0.05) is 6.42 Å². The van der Waals surface area contributed by atoms with Crippen LogP contribution in [-0.2, 0) is 4.79 Å². The third kappa shape index (κ3) is 5.95. The van der Waals surface area contributed by atoms with Crippen LogP contribution in [0, 0.1) is 11.3 Å². The van der Waals surface area contributed by atoms with E-state index < -0.39 is 6.36 Å². The molecule has 2 atom stereocenters. The molecule has 1 amide bonds. The van der Waals surface area contributed by atoms with E-state index in [1.54, 1.807) is 31.6 Å². The maximum atomic E-state index is 12.7. The lowest BCUT2D eigenvalue weighted by molar-refractivity contribution is -0.274. The Hall–Kier alpha value is -3.96. The van der Waals surface area contributed by atoms with E-state index in [0.29, 0.717) is 23.0 Å². The summed E-state index contributed by atoms with van der Waals surface area (Å²) in [7, 11) is 1.68. The van der Waals surface area contributed by atoms with E-state index in [-0.39, 0.29) is 28.8 Å². The van der Waals surface area contributed by atoms with Gasteiger partial charge in [-0.3, -0.25) is 9.78 Å². The second kappa shape index (κ2) is 10.4. The average Bonchev–Trinajstić information content (AvgIpc) is 3.30. The molecule has 38 heavy (non-hydrogen) atoms. The number of carbonyl (C=O) groups is 1. The van der Waals surface area contributed by atoms with E-state index in [1.807, 2.05) is 6.07 Å². The number of pyridine rings is 2. The molecule has 3 aromatic rings. The zero-order chi connectivity index (χ0) is 26.8. The Bertz CT molecular complexity index is 1290. The fourth-order valence-electron chi connectivity index (χ4n) is 5.47. The van der Waals surface area contributed by atoms with Crippen molar-refractivity contribution in [1.29, 1.82) is 0 Å². The standard InChI is InChI=1S/C26H28F3N7O2/c1-30-24(37)17-4-2-7-25(14-17)8-11-36(16-25)22-13-21(34-23(35-22)18-5-3-9-31-15-18)33-20-12-19(6-10-32-20)38-26(27,28)29/h3,5-6,9-10,12-13,15,17H,2,4,7-8,11,14,16H2,1H3,(H,30,37)(H,32,33,34,35)/t17-,25?/m1/s1. The molecule has 3 aromatic heterocycles. The van der Waals surface area contributed by atoms with Gasteiger partial charge in [0.15, 0.2) is 5.82 Å². The molecule has 1 saturated heterocycles. The van der Waals surface area contributed by atoms with Gasteiger partial charge in [0, 0.05) is 62.3 Å². The zero-order valence-corrected chi connectivity index (χ0v) is 20.8. The molecular weight excluding hydrogens is 499 g/mol. The summed E-state index contributed by atoms with van der Waals surface area (Å²) in [6, 6.07) is 7.67. The van der Waals surface area contributed by atoms with Crippen LogP contribution in [0.5, 0.6) is 5.75 Å². The first kappa shape index (κ1) is 25.7. The summed E-state index contributed by atoms with van der Waals surface area (Å²) < 4.78 is 42.1. The third-order valence-electron chi connectivity index (χ3n) is 7.17. The van der Waals surface area contributed by atoms with Gasteiger partial charge in [-0.25, -0.2) is 15.0 Å². The highest BCUT2D eigenvalue weighted by Crippen LogP contribution is 2.47. The fraction of sp³-hybridized carbons (Fsp3) is 0.423. The summed E-state index contributed by atoms with van der Waals surface area (Å²) in [5.41, 5.74) is 0.735. The number of hydrogen-bond acceptors (Lipinski definition) is 8. The molecule has 1 saturated carbocycles. The van der Waals surface area contributed by atoms with Gasteiger partial charge in [0.05, 0.1) is 0 Å². The molecule has 5 rings (SSSR count). The maximum absolute atomic E-state index is 12.7. The number of halogens is 3. The molecule has 0 radical (unpaired) electrons. The first-order valence-corrected chi connectivity index (χ1v) is 12.5. The number of ether oxygens (including phenoxy) is 1. The number of anilines is 3. The van der Waals surface area contributed by atoms with Gasteiger partial charge < -0.3 is 20.3 Å². The summed E-state index contributed by atoms with van der Waals surface area (Å²) in [5, 5.41) is 5.79. The first-order valence-electron chi connectivity index (χ1n) is 12.5. The second-order valence-electron chi connectivity index (χ2n) is 9.81. The van der Waals surface area contributed by atoms with Crippen molar-refractivity contribution in [2.45, 2.75) is 38.5 Å². The van der Waals surface area contributed by atoms with Crippen LogP contribution < -0.4 is 20.3 Å². The monoisotopic (exact) mass is 527 g/mol. The van der Waals surface area contributed by atoms with Gasteiger partial charge >= 0.3 is 6.36 Å². The Morgan fingerprint density at radius 1 is 1.16 bits per heavy atom. The first-order chi connectivity index (χ1) is 18.2. The lowest BCUT2D eigenvalue weighted by Crippen LogP contribution is -2.38. The summed E-state index contributed by atoms with van der Waals surface area (Å²) in [4.78, 5) is 32.2. The molecule has 0 bridgehead atoms. The fourth-order valence-corrected chi connectivity index (χ4v) is 5.47. The van der Waals surface area contributed by atoms with Crippen LogP contribution in [0.25, 0.3) is 11.4 Å². The van der Waals surface area contributed by atoms with Crippen LogP contribution in [0.2, 0.25) is 0 Å². The van der Waals surface area contributed by atoms with Crippen LogP contribution in [0.15, 0.2) is 48.9 Å². The van der Waals surface area contributed by atoms with Crippen molar-refractivity contribution in [3.63, 3.8) is 0 Å². The van der Waals surface area contributed by atoms with Gasteiger partial charge in [-0.05, 0) is 49.3 Å². The van der Waals surface area contributed by atoms with E-state index >= 15 is 0 Å². The minimum atomic E-state index is -4.81. The molecule has 2 fully saturated rings. The Balaban J connectivity index is 1.43. The summed E-state index contributed by atoms with van der Waals surface area (Å²) in [5.74, 6) is 1.35. The summed E-state index contributed by atoms with van der Waals surface area (Å²) in [6.45, 7) is 1.53. The van der Waals surface area contributed by atoms with E-state index in [4.69, 9.17) is 4.98 Å². The Morgan fingerprint density at radius 2 is 2.03 bits per heavy atom. The van der Waals surface area contributed by atoms with Crippen LogP contribution in [0.3, 0.4) is 0 Å². The van der Waals surface area contributed by atoms with Gasteiger partial charge in [0.1, 0.15) is 23.2 Å². The number of carbonyl (C=O) groups excluding carboxylic acids is 1. The van der Waals surface area contributed by atoms with Crippen LogP contribution in [0.4, 0.5) is 30.6 Å². The molecule has 2 N–H and O–H groups in total. The molecule has 2 aliphatic rings. The molecule has 0 aromatic carbocycles. The van der Waals surface area contributed by atoms with Crippen LogP contribution >= 0.6 is 0 Å². The smallest absolute Gasteiger partial charge is 0.406 e. The zero-order valence-electron chi connectivity index (χ0n) is 20.8. The largest absolute Gasteiger partial charge is 0.573 e. The van der Waals surface area contributed by atoms with Crippen molar-refractivity contribution in [2.75, 3.05) is 30.4 Å². The lowest BCUT2D eigenvalue weighted by Gasteiger charge is -2.37. The summed E-state index contributed by atoms with van der Waals surface area (Å²) >= 11 is 0. The molecular formula is C26H28F3N7O2. The number of nitrogens with one attached hydrogen (secondary N) is 2. The predicted molar refractivity (Wildman–Crippen MR) is 135 cm³/mol. The number of rotatable bonds is 6. The Morgan fingerprint density at radius 3 is 2.79 bits per heavy atom. The maximum Gasteiger partial charge on any atom is 0.573 e. The highest BCUT2D eigenvalue weighted by Gasteiger charge is 2.44. The van der Waals surface area contributed by atoms with Crippen molar-refractivity contribution in [2.24, 2.45) is 11.3 Å². The minimum absolute atomic E-state index is 0.0135. The Kier molecular flexibility index (Phi) is 7.04. The third-order valence-corrected chi connectivity index (χ3v) is 7.17. The lowest BCUT2D eigenvalue weighted by atomic mass is 9.69. The molecule has 9 nitrogen and oxygen atoms in total. The SMILES string of the molecule is CNC(=O)[C@@H]1CCCC2(CCN(c3cc(Nc4cc(OC(F)(F)F)ccn4)nc(-c4cccnc4)n3)C2)C1. The number of hydrogen-bond donors (Lipinski definition) is 2. The molecule has 4 heterocycles. The van der Waals surface area contributed by atoms with Gasteiger partial charge in [0.25, 0.3) is 0 Å². The van der Waals surface area contributed by atoms with E-state index in [2.05, 4.69) is 35.2 Å². The van der Waals surface area contributed by atoms with Crippen molar-refractivity contribution in [3.8, 4) is 17.1 Å².